The average molecular weight is 287 g/mol. The van der Waals surface area contributed by atoms with E-state index in [1.165, 1.54) is 11.1 Å². The first-order chi connectivity index (χ1) is 10.3. The van der Waals surface area contributed by atoms with Gasteiger partial charge in [-0.25, -0.2) is 0 Å². The van der Waals surface area contributed by atoms with Crippen molar-refractivity contribution < 1.29 is 9.53 Å². The highest BCUT2D eigenvalue weighted by molar-refractivity contribution is 5.77. The van der Waals surface area contributed by atoms with Gasteiger partial charge in [-0.15, -0.1) is 0 Å². The maximum Gasteiger partial charge on any atom is 0.258 e. The summed E-state index contributed by atoms with van der Waals surface area (Å²) < 4.78 is 5.61. The summed E-state index contributed by atoms with van der Waals surface area (Å²) >= 11 is 0. The van der Waals surface area contributed by atoms with Gasteiger partial charge in [0.25, 0.3) is 5.91 Å². The highest BCUT2D eigenvalue weighted by Gasteiger charge is 2.24. The molecule has 0 bridgehead atoms. The van der Waals surface area contributed by atoms with E-state index in [1.807, 2.05) is 18.2 Å². The Bertz CT molecular complexity index is 537. The molecule has 1 aliphatic rings. The van der Waals surface area contributed by atoms with Gasteiger partial charge in [0, 0.05) is 6.04 Å². The van der Waals surface area contributed by atoms with Gasteiger partial charge in [0.05, 0.1) is 6.07 Å². The molecule has 21 heavy (non-hydrogen) atoms. The Morgan fingerprint density at radius 2 is 2.38 bits per heavy atom. The number of carbonyl (C=O) groups is 1. The number of nitriles is 1. The lowest BCUT2D eigenvalue weighted by Gasteiger charge is -2.14. The molecule has 2 rings (SSSR count). The molecule has 1 aliphatic carbocycles. The smallest absolute Gasteiger partial charge is 0.258 e. The largest absolute Gasteiger partial charge is 0.483 e. The van der Waals surface area contributed by atoms with Crippen LogP contribution < -0.4 is 15.4 Å². The third-order valence-electron chi connectivity index (χ3n) is 3.59. The molecule has 1 aromatic rings. The predicted molar refractivity (Wildman–Crippen MR) is 79.9 cm³/mol. The Morgan fingerprint density at radius 1 is 1.52 bits per heavy atom. The van der Waals surface area contributed by atoms with Gasteiger partial charge in [-0.3, -0.25) is 4.79 Å². The predicted octanol–water partition coefficient (Wildman–Crippen LogP) is 1.69. The molecule has 0 radical (unpaired) electrons. The molecule has 0 fully saturated rings. The fourth-order valence-corrected chi connectivity index (χ4v) is 2.62. The fourth-order valence-electron chi connectivity index (χ4n) is 2.62. The second-order valence-electron chi connectivity index (χ2n) is 5.09. The van der Waals surface area contributed by atoms with Crippen molar-refractivity contribution in [2.24, 2.45) is 0 Å². The van der Waals surface area contributed by atoms with Crippen LogP contribution in [0.5, 0.6) is 5.75 Å². The Morgan fingerprint density at radius 3 is 3.14 bits per heavy atom. The van der Waals surface area contributed by atoms with E-state index in [-0.39, 0.29) is 19.1 Å². The van der Waals surface area contributed by atoms with E-state index in [9.17, 15) is 4.79 Å². The fraction of sp³-hybridized carbons (Fsp3) is 0.500. The zero-order valence-corrected chi connectivity index (χ0v) is 12.3. The van der Waals surface area contributed by atoms with Crippen LogP contribution in [-0.4, -0.2) is 25.6 Å². The van der Waals surface area contributed by atoms with Crippen molar-refractivity contribution in [3.63, 3.8) is 0 Å². The molecular weight excluding hydrogens is 266 g/mol. The average Bonchev–Trinajstić information content (AvgIpc) is 2.92. The van der Waals surface area contributed by atoms with Crippen molar-refractivity contribution in [3.05, 3.63) is 29.3 Å². The van der Waals surface area contributed by atoms with E-state index in [4.69, 9.17) is 10.00 Å². The molecule has 112 valence electrons. The van der Waals surface area contributed by atoms with E-state index in [0.29, 0.717) is 6.04 Å². The lowest BCUT2D eigenvalue weighted by atomic mass is 10.1. The first-order valence-corrected chi connectivity index (χ1v) is 7.38. The summed E-state index contributed by atoms with van der Waals surface area (Å²) in [5.74, 6) is 0.508. The van der Waals surface area contributed by atoms with Crippen LogP contribution in [-0.2, 0) is 11.2 Å². The zero-order valence-electron chi connectivity index (χ0n) is 12.3. The summed E-state index contributed by atoms with van der Waals surface area (Å²) in [6.45, 7) is 3.12. The number of hydrogen-bond donors (Lipinski definition) is 2. The number of amides is 1. The Balaban J connectivity index is 1.98. The summed E-state index contributed by atoms with van der Waals surface area (Å²) in [5.41, 5.74) is 2.47. The second-order valence-corrected chi connectivity index (χ2v) is 5.09. The molecule has 1 atom stereocenters. The van der Waals surface area contributed by atoms with Gasteiger partial charge in [-0.1, -0.05) is 19.1 Å². The molecule has 0 saturated heterocycles. The van der Waals surface area contributed by atoms with E-state index < -0.39 is 0 Å². The van der Waals surface area contributed by atoms with E-state index in [1.54, 1.807) is 0 Å². The van der Waals surface area contributed by atoms with Crippen LogP contribution in [0.3, 0.4) is 0 Å². The highest BCUT2D eigenvalue weighted by Crippen LogP contribution is 2.36. The SMILES string of the molecule is CCCNC1CCc2c(OCC(=O)NCC#N)cccc21. The first kappa shape index (κ1) is 15.3. The summed E-state index contributed by atoms with van der Waals surface area (Å²) in [6.07, 6.45) is 3.14. The quantitative estimate of drug-likeness (QED) is 0.748. The lowest BCUT2D eigenvalue weighted by molar-refractivity contribution is -0.122. The number of nitrogens with zero attached hydrogens (tertiary/aromatic N) is 1. The van der Waals surface area contributed by atoms with Crippen molar-refractivity contribution in [1.29, 1.82) is 5.26 Å². The summed E-state index contributed by atoms with van der Waals surface area (Å²) in [4.78, 5) is 11.5. The van der Waals surface area contributed by atoms with E-state index in [2.05, 4.69) is 23.6 Å². The molecule has 0 saturated carbocycles. The lowest BCUT2D eigenvalue weighted by Crippen LogP contribution is -2.29. The van der Waals surface area contributed by atoms with Gasteiger partial charge < -0.3 is 15.4 Å². The Labute approximate surface area is 125 Å². The molecule has 2 N–H and O–H groups in total. The van der Waals surface area contributed by atoms with Gasteiger partial charge in [-0.05, 0) is 43.0 Å². The number of rotatable bonds is 7. The normalized spacial score (nSPS) is 16.1. The number of nitrogens with one attached hydrogen (secondary N) is 2. The third kappa shape index (κ3) is 3.96. The third-order valence-corrected chi connectivity index (χ3v) is 3.59. The van der Waals surface area contributed by atoms with Crippen molar-refractivity contribution in [2.45, 2.75) is 32.2 Å². The van der Waals surface area contributed by atoms with Gasteiger partial charge in [0.2, 0.25) is 0 Å². The molecule has 0 heterocycles. The number of fused-ring (bicyclic) bond motifs is 1. The Hall–Kier alpha value is -2.06. The minimum atomic E-state index is -0.271. The van der Waals surface area contributed by atoms with Crippen LogP contribution in [0, 0.1) is 11.3 Å². The highest BCUT2D eigenvalue weighted by atomic mass is 16.5. The van der Waals surface area contributed by atoms with E-state index in [0.717, 1.165) is 31.6 Å². The van der Waals surface area contributed by atoms with Crippen molar-refractivity contribution in [1.82, 2.24) is 10.6 Å². The van der Waals surface area contributed by atoms with Crippen molar-refractivity contribution in [3.8, 4) is 11.8 Å². The molecule has 1 amide bonds. The standard InChI is InChI=1S/C16H21N3O2/c1-2-9-18-14-7-6-13-12(14)4-3-5-15(13)21-11-16(20)19-10-8-17/h3-5,14,18H,2,6-7,9-11H2,1H3,(H,19,20). The molecule has 5 heteroatoms. The maximum atomic E-state index is 11.5. The van der Waals surface area contributed by atoms with Gasteiger partial charge in [-0.2, -0.15) is 5.26 Å². The van der Waals surface area contributed by atoms with Gasteiger partial charge >= 0.3 is 0 Å². The molecule has 0 spiro atoms. The van der Waals surface area contributed by atoms with E-state index >= 15 is 0 Å². The van der Waals surface area contributed by atoms with Crippen molar-refractivity contribution >= 4 is 5.91 Å². The number of carbonyl (C=O) groups excluding carboxylic acids is 1. The van der Waals surface area contributed by atoms with Crippen LogP contribution >= 0.6 is 0 Å². The topological polar surface area (TPSA) is 74.2 Å². The zero-order chi connectivity index (χ0) is 15.1. The Kier molecular flexibility index (Phi) is 5.59. The van der Waals surface area contributed by atoms with Crippen LogP contribution in [0.25, 0.3) is 0 Å². The van der Waals surface area contributed by atoms with Crippen molar-refractivity contribution in [2.75, 3.05) is 19.7 Å². The number of hydrogen-bond acceptors (Lipinski definition) is 4. The summed E-state index contributed by atoms with van der Waals surface area (Å²) in [5, 5.41) is 14.4. The van der Waals surface area contributed by atoms with Crippen LogP contribution in [0.1, 0.15) is 36.9 Å². The minimum absolute atomic E-state index is 0.0120. The maximum absolute atomic E-state index is 11.5. The van der Waals surface area contributed by atoms with Gasteiger partial charge in [0.1, 0.15) is 12.3 Å². The number of ether oxygens (including phenoxy) is 1. The summed E-state index contributed by atoms with van der Waals surface area (Å²) in [6, 6.07) is 8.24. The monoisotopic (exact) mass is 287 g/mol. The second kappa shape index (κ2) is 7.65. The number of benzene rings is 1. The molecular formula is C16H21N3O2. The minimum Gasteiger partial charge on any atom is -0.483 e. The molecule has 5 nitrogen and oxygen atoms in total. The van der Waals surface area contributed by atoms with Gasteiger partial charge in [0.15, 0.2) is 6.61 Å². The molecule has 0 aromatic heterocycles. The molecule has 1 aromatic carbocycles. The first-order valence-electron chi connectivity index (χ1n) is 7.38. The summed E-state index contributed by atoms with van der Waals surface area (Å²) in [7, 11) is 0. The van der Waals surface area contributed by atoms with Crippen LogP contribution in [0.2, 0.25) is 0 Å². The van der Waals surface area contributed by atoms with Crippen LogP contribution in [0.15, 0.2) is 18.2 Å². The molecule has 0 aliphatic heterocycles. The van der Waals surface area contributed by atoms with Crippen LogP contribution in [0.4, 0.5) is 0 Å². The molecule has 1 unspecified atom stereocenters.